The Hall–Kier alpha value is -1.86. The molecule has 0 aliphatic heterocycles. The van der Waals surface area contributed by atoms with Gasteiger partial charge in [-0.1, -0.05) is 118 Å². The smallest absolute Gasteiger partial charge is 0.0763 e. The molecule has 2 aromatic rings. The van der Waals surface area contributed by atoms with Crippen molar-refractivity contribution in [2.24, 2.45) is 0 Å². The highest BCUT2D eigenvalue weighted by Gasteiger charge is 2.06. The van der Waals surface area contributed by atoms with E-state index in [-0.39, 0.29) is 6.10 Å². The molecular weight excluding hydrogens is 304 g/mol. The van der Waals surface area contributed by atoms with Gasteiger partial charge in [0, 0.05) is 0 Å². The van der Waals surface area contributed by atoms with Crippen LogP contribution in [-0.2, 0) is 11.3 Å². The van der Waals surface area contributed by atoms with Crippen molar-refractivity contribution in [2.45, 2.75) is 64.6 Å². The summed E-state index contributed by atoms with van der Waals surface area (Å²) in [4.78, 5) is 0. The maximum atomic E-state index is 6.19. The number of hydrogen-bond donors (Lipinski definition) is 0. The third-order valence-corrected chi connectivity index (χ3v) is 4.45. The fourth-order valence-electron chi connectivity index (χ4n) is 2.92. The first-order chi connectivity index (χ1) is 12.4. The van der Waals surface area contributed by atoms with E-state index in [9.17, 15) is 0 Å². The molecule has 0 fully saturated rings. The second-order valence-corrected chi connectivity index (χ2v) is 6.66. The molecule has 1 heteroatoms. The minimum absolute atomic E-state index is 0.187. The van der Waals surface area contributed by atoms with Gasteiger partial charge in [0.2, 0.25) is 0 Å². The average molecular weight is 337 g/mol. The topological polar surface area (TPSA) is 9.23 Å². The van der Waals surface area contributed by atoms with Crippen LogP contribution in [0, 0.1) is 0 Å². The van der Waals surface area contributed by atoms with Crippen molar-refractivity contribution in [3.63, 3.8) is 0 Å². The minimum Gasteiger partial charge on any atom is -0.369 e. The molecule has 0 aliphatic carbocycles. The molecular formula is C24H32O. The zero-order valence-electron chi connectivity index (χ0n) is 15.6. The molecule has 1 atom stereocenters. The Kier molecular flexibility index (Phi) is 9.73. The standard InChI is InChI=1S/C24H32O/c1-2-3-4-5-6-13-18-24(20-19-22-14-9-7-10-15-22)25-21-23-16-11-8-12-17-23/h7-12,14-17,19-20,24H,2-6,13,18,21H2,1H3. The Labute approximate surface area is 153 Å². The fourth-order valence-corrected chi connectivity index (χ4v) is 2.92. The maximum absolute atomic E-state index is 6.19. The third-order valence-electron chi connectivity index (χ3n) is 4.45. The van der Waals surface area contributed by atoms with E-state index in [4.69, 9.17) is 4.74 Å². The molecule has 0 N–H and O–H groups in total. The van der Waals surface area contributed by atoms with Crippen LogP contribution in [-0.4, -0.2) is 6.10 Å². The van der Waals surface area contributed by atoms with Crippen molar-refractivity contribution in [2.75, 3.05) is 0 Å². The van der Waals surface area contributed by atoms with E-state index in [2.05, 4.69) is 73.7 Å². The lowest BCUT2D eigenvalue weighted by molar-refractivity contribution is 0.0652. The van der Waals surface area contributed by atoms with E-state index in [1.807, 2.05) is 6.07 Å². The van der Waals surface area contributed by atoms with Crippen LogP contribution in [0.15, 0.2) is 66.7 Å². The Balaban J connectivity index is 1.83. The first kappa shape index (κ1) is 19.5. The Morgan fingerprint density at radius 3 is 2.16 bits per heavy atom. The third kappa shape index (κ3) is 8.69. The SMILES string of the molecule is CCCCCCCCC(C=Cc1ccccc1)OCc1ccccc1. The average Bonchev–Trinajstić information content (AvgIpc) is 2.67. The molecule has 0 aromatic heterocycles. The van der Waals surface area contributed by atoms with E-state index >= 15 is 0 Å². The van der Waals surface area contributed by atoms with Gasteiger partial charge in [-0.05, 0) is 17.5 Å². The predicted octanol–water partition coefficient (Wildman–Crippen LogP) is 7.04. The summed E-state index contributed by atoms with van der Waals surface area (Å²) in [5.41, 5.74) is 2.47. The van der Waals surface area contributed by atoms with Crippen molar-refractivity contribution < 1.29 is 4.74 Å². The molecule has 1 unspecified atom stereocenters. The summed E-state index contributed by atoms with van der Waals surface area (Å²) in [6, 6.07) is 20.9. The lowest BCUT2D eigenvalue weighted by Gasteiger charge is -2.14. The lowest BCUT2D eigenvalue weighted by Crippen LogP contribution is -2.10. The monoisotopic (exact) mass is 336 g/mol. The van der Waals surface area contributed by atoms with E-state index in [0.29, 0.717) is 6.61 Å². The summed E-state index contributed by atoms with van der Waals surface area (Å²) in [5.74, 6) is 0. The van der Waals surface area contributed by atoms with Gasteiger partial charge in [-0.15, -0.1) is 0 Å². The first-order valence-electron chi connectivity index (χ1n) is 9.77. The molecule has 0 spiro atoms. The van der Waals surface area contributed by atoms with Crippen molar-refractivity contribution >= 4 is 6.08 Å². The van der Waals surface area contributed by atoms with Gasteiger partial charge in [-0.2, -0.15) is 0 Å². The molecule has 25 heavy (non-hydrogen) atoms. The van der Waals surface area contributed by atoms with Crippen LogP contribution in [0.1, 0.15) is 63.0 Å². The van der Waals surface area contributed by atoms with Gasteiger partial charge in [0.15, 0.2) is 0 Å². The van der Waals surface area contributed by atoms with E-state index in [1.165, 1.54) is 49.7 Å². The molecule has 134 valence electrons. The van der Waals surface area contributed by atoms with Crippen LogP contribution >= 0.6 is 0 Å². The fraction of sp³-hybridized carbons (Fsp3) is 0.417. The summed E-state index contributed by atoms with van der Waals surface area (Å²) in [5, 5.41) is 0. The quantitative estimate of drug-likeness (QED) is 0.378. The van der Waals surface area contributed by atoms with Crippen LogP contribution in [0.4, 0.5) is 0 Å². The number of hydrogen-bond acceptors (Lipinski definition) is 1. The summed E-state index contributed by atoms with van der Waals surface area (Å²) < 4.78 is 6.19. The minimum atomic E-state index is 0.187. The van der Waals surface area contributed by atoms with Gasteiger partial charge in [-0.3, -0.25) is 0 Å². The second-order valence-electron chi connectivity index (χ2n) is 6.66. The molecule has 1 nitrogen and oxygen atoms in total. The van der Waals surface area contributed by atoms with E-state index < -0.39 is 0 Å². The van der Waals surface area contributed by atoms with Crippen LogP contribution < -0.4 is 0 Å². The summed E-state index contributed by atoms with van der Waals surface area (Å²) in [6.45, 7) is 2.95. The van der Waals surface area contributed by atoms with Crippen LogP contribution in [0.25, 0.3) is 6.08 Å². The lowest BCUT2D eigenvalue weighted by atomic mass is 10.1. The van der Waals surface area contributed by atoms with Crippen LogP contribution in [0.2, 0.25) is 0 Å². The van der Waals surface area contributed by atoms with Gasteiger partial charge >= 0.3 is 0 Å². The zero-order chi connectivity index (χ0) is 17.6. The van der Waals surface area contributed by atoms with Gasteiger partial charge in [-0.25, -0.2) is 0 Å². The number of benzene rings is 2. The van der Waals surface area contributed by atoms with Gasteiger partial charge in [0.05, 0.1) is 12.7 Å². The summed E-state index contributed by atoms with van der Waals surface area (Å²) >= 11 is 0. The van der Waals surface area contributed by atoms with Gasteiger partial charge in [0.25, 0.3) is 0 Å². The van der Waals surface area contributed by atoms with Crippen molar-refractivity contribution in [1.29, 1.82) is 0 Å². The molecule has 2 rings (SSSR count). The highest BCUT2D eigenvalue weighted by molar-refractivity contribution is 5.49. The number of ether oxygens (including phenoxy) is 1. The Bertz CT molecular complexity index is 574. The first-order valence-corrected chi connectivity index (χ1v) is 9.77. The second kappa shape index (κ2) is 12.5. The van der Waals surface area contributed by atoms with Crippen LogP contribution in [0.3, 0.4) is 0 Å². The molecule has 0 bridgehead atoms. The van der Waals surface area contributed by atoms with Gasteiger partial charge < -0.3 is 4.74 Å². The van der Waals surface area contributed by atoms with Crippen molar-refractivity contribution in [3.8, 4) is 0 Å². The Morgan fingerprint density at radius 2 is 1.44 bits per heavy atom. The summed E-state index contributed by atoms with van der Waals surface area (Å²) in [7, 11) is 0. The molecule has 0 saturated heterocycles. The predicted molar refractivity (Wildman–Crippen MR) is 108 cm³/mol. The Morgan fingerprint density at radius 1 is 0.800 bits per heavy atom. The molecule has 0 heterocycles. The van der Waals surface area contributed by atoms with E-state index in [0.717, 1.165) is 6.42 Å². The normalized spacial score (nSPS) is 12.5. The highest BCUT2D eigenvalue weighted by Crippen LogP contribution is 2.15. The highest BCUT2D eigenvalue weighted by atomic mass is 16.5. The van der Waals surface area contributed by atoms with E-state index in [1.54, 1.807) is 0 Å². The number of unbranched alkanes of at least 4 members (excludes halogenated alkanes) is 5. The number of rotatable bonds is 12. The van der Waals surface area contributed by atoms with Crippen LogP contribution in [0.5, 0.6) is 0 Å². The maximum Gasteiger partial charge on any atom is 0.0763 e. The van der Waals surface area contributed by atoms with Crippen molar-refractivity contribution in [3.05, 3.63) is 77.9 Å². The molecule has 0 radical (unpaired) electrons. The van der Waals surface area contributed by atoms with Crippen molar-refractivity contribution in [1.82, 2.24) is 0 Å². The van der Waals surface area contributed by atoms with Gasteiger partial charge in [0.1, 0.15) is 0 Å². The zero-order valence-corrected chi connectivity index (χ0v) is 15.6. The summed E-state index contributed by atoms with van der Waals surface area (Å²) in [6.07, 6.45) is 13.6. The molecule has 0 saturated carbocycles. The molecule has 2 aromatic carbocycles. The molecule has 0 aliphatic rings. The molecule has 0 amide bonds. The largest absolute Gasteiger partial charge is 0.369 e.